The van der Waals surface area contributed by atoms with Crippen molar-refractivity contribution in [2.24, 2.45) is 0 Å². The summed E-state index contributed by atoms with van der Waals surface area (Å²) >= 11 is 0. The maximum atomic E-state index is 14.5. The number of unbranched alkanes of at least 4 members (excludes halogenated alkanes) is 2. The van der Waals surface area contributed by atoms with Crippen LogP contribution in [0.4, 0.5) is 0 Å². The molecule has 7 heteroatoms. The molecule has 204 valence electrons. The fourth-order valence-electron chi connectivity index (χ4n) is 5.16. The second kappa shape index (κ2) is 14.1. The van der Waals surface area contributed by atoms with Gasteiger partial charge in [-0.1, -0.05) is 51.0 Å². The molecule has 1 fully saturated rings. The van der Waals surface area contributed by atoms with Crippen LogP contribution in [0.15, 0.2) is 48.5 Å². The monoisotopic (exact) mass is 530 g/mol. The number of ether oxygens (including phenoxy) is 2. The quantitative estimate of drug-likeness (QED) is 0.162. The molecule has 0 unspecified atom stereocenters. The minimum atomic E-state index is -3.82. The third-order valence-corrected chi connectivity index (χ3v) is 9.87. The summed E-state index contributed by atoms with van der Waals surface area (Å²) < 4.78 is 38.0. The lowest BCUT2D eigenvalue weighted by atomic mass is 9.78. The topological polar surface area (TPSA) is 71.1 Å². The lowest BCUT2D eigenvalue weighted by Crippen LogP contribution is -2.42. The minimum absolute atomic E-state index is 0.0609. The van der Waals surface area contributed by atoms with Gasteiger partial charge in [-0.3, -0.25) is 9.36 Å². The van der Waals surface area contributed by atoms with E-state index in [9.17, 15) is 9.36 Å². The zero-order chi connectivity index (χ0) is 26.7. The molecule has 0 saturated heterocycles. The Bertz CT molecular complexity index is 956. The Balaban J connectivity index is 2.10. The van der Waals surface area contributed by atoms with Gasteiger partial charge in [-0.2, -0.15) is 0 Å². The zero-order valence-electron chi connectivity index (χ0n) is 22.9. The number of benzene rings is 2. The van der Waals surface area contributed by atoms with Crippen molar-refractivity contribution < 1.29 is 27.9 Å². The van der Waals surface area contributed by atoms with Gasteiger partial charge in [0.15, 0.2) is 5.78 Å². The number of carbonyl (C=O) groups excluding carboxylic acids is 1. The lowest BCUT2D eigenvalue weighted by molar-refractivity contribution is -0.120. The first-order valence-electron chi connectivity index (χ1n) is 13.8. The van der Waals surface area contributed by atoms with Crippen molar-refractivity contribution in [3.8, 4) is 11.5 Å². The van der Waals surface area contributed by atoms with Crippen LogP contribution >= 0.6 is 7.60 Å². The summed E-state index contributed by atoms with van der Waals surface area (Å²) in [6.07, 6.45) is 5.55. The Morgan fingerprint density at radius 1 is 0.784 bits per heavy atom. The highest BCUT2D eigenvalue weighted by atomic mass is 31.2. The maximum Gasteiger partial charge on any atom is 0.345 e. The highest BCUT2D eigenvalue weighted by molar-refractivity contribution is 7.57. The molecule has 0 radical (unpaired) electrons. The van der Waals surface area contributed by atoms with E-state index in [0.717, 1.165) is 48.3 Å². The molecule has 1 aliphatic carbocycles. The van der Waals surface area contributed by atoms with Crippen LogP contribution < -0.4 is 9.47 Å². The van der Waals surface area contributed by atoms with Gasteiger partial charge in [-0.25, -0.2) is 0 Å². The van der Waals surface area contributed by atoms with Crippen LogP contribution in [0.3, 0.4) is 0 Å². The predicted molar refractivity (Wildman–Crippen MR) is 148 cm³/mol. The predicted octanol–water partition coefficient (Wildman–Crippen LogP) is 7.93. The maximum absolute atomic E-state index is 14.5. The summed E-state index contributed by atoms with van der Waals surface area (Å²) in [7, 11) is -3.82. The Labute approximate surface area is 222 Å². The standard InChI is InChI=1S/C30H43O6P/c1-5-9-22-33-26-17-13-24(14-18-26)29(25-15-19-27(20-16-25)34-23-10-6-2)30(21-11-12-28(30)31)37(32,35-7-3)36-8-4/h13-20,29H,5-12,21-23H2,1-4H3/t30-/m1/s1. The van der Waals surface area contributed by atoms with Gasteiger partial charge in [0.05, 0.1) is 26.4 Å². The van der Waals surface area contributed by atoms with Gasteiger partial charge in [0.25, 0.3) is 0 Å². The van der Waals surface area contributed by atoms with Crippen LogP contribution in [0.25, 0.3) is 0 Å². The minimum Gasteiger partial charge on any atom is -0.494 e. The molecular weight excluding hydrogens is 487 g/mol. The van der Waals surface area contributed by atoms with Crippen molar-refractivity contribution in [3.05, 3.63) is 59.7 Å². The van der Waals surface area contributed by atoms with E-state index in [1.165, 1.54) is 0 Å². The number of rotatable bonds is 16. The zero-order valence-corrected chi connectivity index (χ0v) is 23.8. The molecule has 0 amide bonds. The Hall–Kier alpha value is -2.14. The molecule has 2 aromatic carbocycles. The van der Waals surface area contributed by atoms with E-state index in [1.54, 1.807) is 13.8 Å². The average molecular weight is 531 g/mol. The van der Waals surface area contributed by atoms with E-state index in [0.29, 0.717) is 32.5 Å². The average Bonchev–Trinajstić information content (AvgIpc) is 3.29. The fourth-order valence-corrected chi connectivity index (χ4v) is 7.84. The van der Waals surface area contributed by atoms with Crippen molar-refractivity contribution in [1.29, 1.82) is 0 Å². The largest absolute Gasteiger partial charge is 0.494 e. The van der Waals surface area contributed by atoms with Crippen LogP contribution in [0.5, 0.6) is 11.5 Å². The molecule has 0 spiro atoms. The van der Waals surface area contributed by atoms with Gasteiger partial charge in [-0.05, 0) is 74.9 Å². The van der Waals surface area contributed by atoms with Crippen molar-refractivity contribution in [3.63, 3.8) is 0 Å². The molecule has 0 aliphatic heterocycles. The summed E-state index contributed by atoms with van der Waals surface area (Å²) in [5.74, 6) is 0.996. The number of Topliss-reactive ketones (excluding diaryl/α,β-unsaturated/α-hetero) is 1. The number of carbonyl (C=O) groups is 1. The Kier molecular flexibility index (Phi) is 11.2. The van der Waals surface area contributed by atoms with Crippen LogP contribution in [0.1, 0.15) is 89.7 Å². The van der Waals surface area contributed by atoms with Crippen LogP contribution in [-0.2, 0) is 18.4 Å². The highest BCUT2D eigenvalue weighted by Gasteiger charge is 2.63. The molecule has 0 heterocycles. The normalized spacial score (nSPS) is 17.9. The summed E-state index contributed by atoms with van der Waals surface area (Å²) in [6, 6.07) is 15.6. The van der Waals surface area contributed by atoms with E-state index in [4.69, 9.17) is 18.5 Å². The molecule has 1 saturated carbocycles. The van der Waals surface area contributed by atoms with Crippen LogP contribution in [0, 0.1) is 0 Å². The summed E-state index contributed by atoms with van der Waals surface area (Å²) in [5.41, 5.74) is 1.77. The molecule has 0 bridgehead atoms. The van der Waals surface area contributed by atoms with Crippen LogP contribution in [0.2, 0.25) is 0 Å². The summed E-state index contributed by atoms with van der Waals surface area (Å²) in [5, 5.41) is -1.30. The van der Waals surface area contributed by atoms with Crippen LogP contribution in [-0.4, -0.2) is 37.4 Å². The first kappa shape index (κ1) is 29.4. The third-order valence-electron chi connectivity index (χ3n) is 6.97. The fraction of sp³-hybridized carbons (Fsp3) is 0.567. The second-order valence-corrected chi connectivity index (χ2v) is 11.8. The summed E-state index contributed by atoms with van der Waals surface area (Å²) in [4.78, 5) is 13.8. The van der Waals surface area contributed by atoms with Crippen molar-refractivity contribution >= 4 is 13.4 Å². The van der Waals surface area contributed by atoms with Crippen molar-refractivity contribution in [1.82, 2.24) is 0 Å². The van der Waals surface area contributed by atoms with Crippen molar-refractivity contribution in [2.45, 2.75) is 83.7 Å². The number of hydrogen-bond donors (Lipinski definition) is 0. The van der Waals surface area contributed by atoms with E-state index in [-0.39, 0.29) is 19.0 Å². The molecule has 1 aliphatic rings. The molecule has 3 rings (SSSR count). The van der Waals surface area contributed by atoms with E-state index in [1.807, 2.05) is 48.5 Å². The smallest absolute Gasteiger partial charge is 0.345 e. The lowest BCUT2D eigenvalue weighted by Gasteiger charge is -2.41. The van der Waals surface area contributed by atoms with Gasteiger partial charge in [0.1, 0.15) is 16.7 Å². The molecule has 2 aromatic rings. The van der Waals surface area contributed by atoms with Gasteiger partial charge in [0.2, 0.25) is 0 Å². The van der Waals surface area contributed by atoms with Gasteiger partial charge in [-0.15, -0.1) is 0 Å². The molecular formula is C30H43O6P. The number of hydrogen-bond acceptors (Lipinski definition) is 6. The van der Waals surface area contributed by atoms with Gasteiger partial charge in [0, 0.05) is 12.3 Å². The first-order chi connectivity index (χ1) is 18.0. The Morgan fingerprint density at radius 2 is 1.24 bits per heavy atom. The Morgan fingerprint density at radius 3 is 1.59 bits per heavy atom. The molecule has 1 atom stereocenters. The molecule has 37 heavy (non-hydrogen) atoms. The van der Waals surface area contributed by atoms with E-state index in [2.05, 4.69) is 13.8 Å². The highest BCUT2D eigenvalue weighted by Crippen LogP contribution is 2.70. The van der Waals surface area contributed by atoms with Crippen molar-refractivity contribution in [2.75, 3.05) is 26.4 Å². The molecule has 0 aromatic heterocycles. The van der Waals surface area contributed by atoms with Gasteiger partial charge >= 0.3 is 7.60 Å². The van der Waals surface area contributed by atoms with E-state index >= 15 is 0 Å². The SMILES string of the molecule is CCCCOc1ccc(C(c2ccc(OCCCC)cc2)[C@@]2(P(=O)(OCC)OCC)CCCC2=O)cc1. The molecule has 0 N–H and O–H groups in total. The number of ketones is 1. The van der Waals surface area contributed by atoms with Gasteiger partial charge < -0.3 is 18.5 Å². The van der Waals surface area contributed by atoms with E-state index < -0.39 is 18.7 Å². The molecule has 6 nitrogen and oxygen atoms in total. The first-order valence-corrected chi connectivity index (χ1v) is 15.4. The third kappa shape index (κ3) is 6.66. The summed E-state index contributed by atoms with van der Waals surface area (Å²) in [6.45, 7) is 9.56. The second-order valence-electron chi connectivity index (χ2n) is 9.51.